The van der Waals surface area contributed by atoms with Crippen LogP contribution in [0.1, 0.15) is 47.7 Å². The van der Waals surface area contributed by atoms with Gasteiger partial charge in [-0.1, -0.05) is 38.1 Å². The number of Topliss-reactive ketones (excluding diaryl/α,β-unsaturated/α-hetero) is 1. The second kappa shape index (κ2) is 5.83. The van der Waals surface area contributed by atoms with Gasteiger partial charge in [-0.25, -0.2) is 4.39 Å². The molecule has 0 saturated heterocycles. The Morgan fingerprint density at radius 3 is 2.50 bits per heavy atom. The third-order valence-electron chi connectivity index (χ3n) is 4.37. The molecular weight excluding hydrogens is 309 g/mol. The predicted octanol–water partition coefficient (Wildman–Crippen LogP) is 3.36. The highest BCUT2D eigenvalue weighted by molar-refractivity contribution is 6.09. The van der Waals surface area contributed by atoms with E-state index in [9.17, 15) is 19.1 Å². The highest BCUT2D eigenvalue weighted by Gasteiger charge is 2.47. The molecule has 0 bridgehead atoms. The molecule has 3 rings (SSSR count). The van der Waals surface area contributed by atoms with E-state index in [1.807, 2.05) is 26.0 Å². The molecule has 0 aliphatic carbocycles. The Bertz CT molecular complexity index is 814. The monoisotopic (exact) mass is 327 g/mol. The lowest BCUT2D eigenvalue weighted by atomic mass is 9.87. The quantitative estimate of drug-likeness (QED) is 0.846. The third kappa shape index (κ3) is 2.71. The minimum Gasteiger partial charge on any atom is -0.375 e. The summed E-state index contributed by atoms with van der Waals surface area (Å²) < 4.78 is 13.5. The Labute approximate surface area is 139 Å². The molecule has 1 heterocycles. The van der Waals surface area contributed by atoms with Gasteiger partial charge in [0.1, 0.15) is 5.82 Å². The van der Waals surface area contributed by atoms with Crippen molar-refractivity contribution in [1.29, 1.82) is 0 Å². The van der Waals surface area contributed by atoms with Gasteiger partial charge in [-0.15, -0.1) is 0 Å². The second-order valence-electron chi connectivity index (χ2n) is 6.38. The first kappa shape index (κ1) is 16.3. The molecule has 1 aliphatic heterocycles. The lowest BCUT2D eigenvalue weighted by Crippen LogP contribution is -2.36. The summed E-state index contributed by atoms with van der Waals surface area (Å²) in [5, 5.41) is 13.2. The van der Waals surface area contributed by atoms with Gasteiger partial charge in [-0.05, 0) is 29.7 Å². The van der Waals surface area contributed by atoms with Crippen molar-refractivity contribution >= 4 is 17.4 Å². The molecule has 1 unspecified atom stereocenters. The molecule has 124 valence electrons. The Kier molecular flexibility index (Phi) is 3.97. The highest BCUT2D eigenvalue weighted by Crippen LogP contribution is 2.39. The zero-order chi connectivity index (χ0) is 17.5. The van der Waals surface area contributed by atoms with E-state index >= 15 is 0 Å². The van der Waals surface area contributed by atoms with Gasteiger partial charge in [-0.3, -0.25) is 9.59 Å². The maximum atomic E-state index is 13.5. The number of nitrogens with one attached hydrogen (secondary N) is 1. The number of hydrogen-bond acceptors (Lipinski definition) is 3. The molecule has 4 nitrogen and oxygen atoms in total. The molecule has 0 fully saturated rings. The molecule has 1 amide bonds. The number of anilines is 1. The summed E-state index contributed by atoms with van der Waals surface area (Å²) in [6.07, 6.45) is -0.434. The van der Waals surface area contributed by atoms with Crippen LogP contribution in [-0.4, -0.2) is 16.8 Å². The van der Waals surface area contributed by atoms with E-state index in [0.717, 1.165) is 11.6 Å². The topological polar surface area (TPSA) is 66.4 Å². The molecular formula is C19H18FNO3. The van der Waals surface area contributed by atoms with Crippen molar-refractivity contribution in [2.24, 2.45) is 0 Å². The number of fused-ring (bicyclic) bond motifs is 1. The minimum atomic E-state index is -2.05. The fourth-order valence-electron chi connectivity index (χ4n) is 2.88. The number of hydrogen-bond donors (Lipinski definition) is 2. The molecule has 5 heteroatoms. The SMILES string of the molecule is CC(C)c1ccc(C(=O)CC2(O)C(=O)Nc3ccc(F)cc32)cc1. The van der Waals surface area contributed by atoms with Crippen LogP contribution < -0.4 is 5.32 Å². The third-order valence-corrected chi connectivity index (χ3v) is 4.37. The van der Waals surface area contributed by atoms with Gasteiger partial charge in [0.2, 0.25) is 0 Å². The predicted molar refractivity (Wildman–Crippen MR) is 88.4 cm³/mol. The highest BCUT2D eigenvalue weighted by atomic mass is 19.1. The van der Waals surface area contributed by atoms with Crippen molar-refractivity contribution in [3.63, 3.8) is 0 Å². The molecule has 24 heavy (non-hydrogen) atoms. The zero-order valence-electron chi connectivity index (χ0n) is 13.5. The van der Waals surface area contributed by atoms with Crippen LogP contribution in [0.4, 0.5) is 10.1 Å². The number of amides is 1. The summed E-state index contributed by atoms with van der Waals surface area (Å²) in [5.74, 6) is -1.32. The van der Waals surface area contributed by atoms with Crippen LogP contribution in [0.2, 0.25) is 0 Å². The van der Waals surface area contributed by atoms with Crippen molar-refractivity contribution < 1.29 is 19.1 Å². The van der Waals surface area contributed by atoms with Gasteiger partial charge in [0.15, 0.2) is 11.4 Å². The number of carbonyl (C=O) groups is 2. The van der Waals surface area contributed by atoms with Crippen molar-refractivity contribution in [1.82, 2.24) is 0 Å². The average molecular weight is 327 g/mol. The number of ketones is 1. The van der Waals surface area contributed by atoms with Gasteiger partial charge in [0.05, 0.1) is 6.42 Å². The molecule has 2 aromatic carbocycles. The van der Waals surface area contributed by atoms with Gasteiger partial charge >= 0.3 is 0 Å². The Balaban J connectivity index is 1.89. The number of benzene rings is 2. The van der Waals surface area contributed by atoms with Crippen LogP contribution in [-0.2, 0) is 10.4 Å². The summed E-state index contributed by atoms with van der Waals surface area (Å²) in [5.41, 5.74) is -0.126. The van der Waals surface area contributed by atoms with Crippen molar-refractivity contribution in [3.8, 4) is 0 Å². The molecule has 1 atom stereocenters. The Morgan fingerprint density at radius 1 is 1.21 bits per heavy atom. The summed E-state index contributed by atoms with van der Waals surface area (Å²) in [6, 6.07) is 10.7. The maximum Gasteiger partial charge on any atom is 0.261 e. The average Bonchev–Trinajstić information content (AvgIpc) is 2.78. The first-order valence-electron chi connectivity index (χ1n) is 7.78. The lowest BCUT2D eigenvalue weighted by Gasteiger charge is -2.20. The van der Waals surface area contributed by atoms with E-state index in [1.54, 1.807) is 12.1 Å². The molecule has 0 saturated carbocycles. The van der Waals surface area contributed by atoms with E-state index in [-0.39, 0.29) is 11.3 Å². The molecule has 1 aliphatic rings. The van der Waals surface area contributed by atoms with Crippen LogP contribution in [0.15, 0.2) is 42.5 Å². The van der Waals surface area contributed by atoms with Crippen LogP contribution in [0.25, 0.3) is 0 Å². The van der Waals surface area contributed by atoms with Gasteiger partial charge in [0, 0.05) is 16.8 Å². The molecule has 2 aromatic rings. The van der Waals surface area contributed by atoms with Gasteiger partial charge < -0.3 is 10.4 Å². The van der Waals surface area contributed by atoms with Crippen LogP contribution in [0.3, 0.4) is 0 Å². The maximum absolute atomic E-state index is 13.5. The van der Waals surface area contributed by atoms with Crippen molar-refractivity contribution in [2.75, 3.05) is 5.32 Å². The fourth-order valence-corrected chi connectivity index (χ4v) is 2.88. The Morgan fingerprint density at radius 2 is 1.88 bits per heavy atom. The Hall–Kier alpha value is -2.53. The van der Waals surface area contributed by atoms with Gasteiger partial charge in [-0.2, -0.15) is 0 Å². The standard InChI is InChI=1S/C19H18FNO3/c1-11(2)12-3-5-13(6-4-12)17(22)10-19(24)15-9-14(20)7-8-16(15)21-18(19)23/h3-9,11,24H,10H2,1-2H3,(H,21,23). The minimum absolute atomic E-state index is 0.0969. The van der Waals surface area contributed by atoms with Gasteiger partial charge in [0.25, 0.3) is 5.91 Å². The van der Waals surface area contributed by atoms with E-state index in [0.29, 0.717) is 17.2 Å². The molecule has 2 N–H and O–H groups in total. The normalized spacial score (nSPS) is 19.3. The molecule has 0 radical (unpaired) electrons. The molecule has 0 spiro atoms. The summed E-state index contributed by atoms with van der Waals surface area (Å²) in [4.78, 5) is 24.6. The largest absolute Gasteiger partial charge is 0.375 e. The van der Waals surface area contributed by atoms with E-state index in [4.69, 9.17) is 0 Å². The smallest absolute Gasteiger partial charge is 0.261 e. The number of carbonyl (C=O) groups excluding carboxylic acids is 2. The van der Waals surface area contributed by atoms with Crippen LogP contribution >= 0.6 is 0 Å². The van der Waals surface area contributed by atoms with Crippen LogP contribution in [0.5, 0.6) is 0 Å². The van der Waals surface area contributed by atoms with Crippen molar-refractivity contribution in [3.05, 3.63) is 65.0 Å². The first-order chi connectivity index (χ1) is 11.3. The van der Waals surface area contributed by atoms with E-state index < -0.39 is 23.7 Å². The molecule has 0 aromatic heterocycles. The summed E-state index contributed by atoms with van der Waals surface area (Å²) in [6.45, 7) is 4.10. The van der Waals surface area contributed by atoms with Crippen molar-refractivity contribution in [2.45, 2.75) is 31.8 Å². The fraction of sp³-hybridized carbons (Fsp3) is 0.263. The summed E-state index contributed by atoms with van der Waals surface area (Å²) >= 11 is 0. The van der Waals surface area contributed by atoms with E-state index in [2.05, 4.69) is 5.32 Å². The number of aliphatic hydroxyl groups is 1. The summed E-state index contributed by atoms with van der Waals surface area (Å²) in [7, 11) is 0. The first-order valence-corrected chi connectivity index (χ1v) is 7.78. The second-order valence-corrected chi connectivity index (χ2v) is 6.38. The van der Waals surface area contributed by atoms with E-state index in [1.165, 1.54) is 12.1 Å². The number of rotatable bonds is 4. The lowest BCUT2D eigenvalue weighted by molar-refractivity contribution is -0.133. The zero-order valence-corrected chi connectivity index (χ0v) is 13.5. The van der Waals surface area contributed by atoms with Crippen LogP contribution in [0, 0.1) is 5.82 Å². The number of halogens is 1.